The molecule has 0 aromatic carbocycles. The highest BCUT2D eigenvalue weighted by Gasteiger charge is 2.24. The third-order valence-corrected chi connectivity index (χ3v) is 5.18. The van der Waals surface area contributed by atoms with Gasteiger partial charge in [0.15, 0.2) is 17.0 Å². The van der Waals surface area contributed by atoms with Crippen molar-refractivity contribution in [2.24, 2.45) is 11.8 Å². The summed E-state index contributed by atoms with van der Waals surface area (Å²) in [6.45, 7) is 10.0. The molecule has 2 aromatic rings. The van der Waals surface area contributed by atoms with Crippen LogP contribution >= 0.6 is 0 Å². The highest BCUT2D eigenvalue weighted by atomic mass is 16.5. The minimum Gasteiger partial charge on any atom is -0.374 e. The molecule has 2 aliphatic rings. The summed E-state index contributed by atoms with van der Waals surface area (Å²) in [5.74, 6) is 2.30. The van der Waals surface area contributed by atoms with Crippen LogP contribution in [0, 0.1) is 11.8 Å². The smallest absolute Gasteiger partial charge is 0.183 e. The maximum atomic E-state index is 5.97. The van der Waals surface area contributed by atoms with Crippen LogP contribution in [-0.4, -0.2) is 68.8 Å². The molecule has 1 aliphatic heterocycles. The number of aromatic nitrogens is 5. The van der Waals surface area contributed by atoms with Gasteiger partial charge in [0.1, 0.15) is 6.33 Å². The van der Waals surface area contributed by atoms with E-state index in [4.69, 9.17) is 4.74 Å². The van der Waals surface area contributed by atoms with E-state index < -0.39 is 0 Å². The summed E-state index contributed by atoms with van der Waals surface area (Å²) in [7, 11) is 0. The van der Waals surface area contributed by atoms with Crippen LogP contribution < -0.4 is 5.32 Å². The predicted octanol–water partition coefficient (Wildman–Crippen LogP) is 1.79. The zero-order chi connectivity index (χ0) is 17.9. The summed E-state index contributed by atoms with van der Waals surface area (Å²) in [5, 5.41) is 12.0. The number of hydrogen-bond donors (Lipinski definition) is 1. The molecular weight excluding hydrogens is 330 g/mol. The van der Waals surface area contributed by atoms with Gasteiger partial charge in [0.25, 0.3) is 0 Å². The predicted molar refractivity (Wildman–Crippen MR) is 100.0 cm³/mol. The van der Waals surface area contributed by atoms with Crippen LogP contribution in [0.1, 0.15) is 33.1 Å². The molecule has 0 spiro atoms. The van der Waals surface area contributed by atoms with Crippen molar-refractivity contribution in [1.29, 1.82) is 0 Å². The molecule has 0 amide bonds. The van der Waals surface area contributed by atoms with Crippen molar-refractivity contribution in [1.82, 2.24) is 29.9 Å². The number of anilines is 1. The van der Waals surface area contributed by atoms with Crippen molar-refractivity contribution < 1.29 is 4.74 Å². The van der Waals surface area contributed by atoms with Crippen molar-refractivity contribution >= 4 is 17.0 Å². The van der Waals surface area contributed by atoms with E-state index >= 15 is 0 Å². The molecule has 1 N–H and O–H groups in total. The first-order chi connectivity index (χ1) is 12.7. The second-order valence-corrected chi connectivity index (χ2v) is 7.97. The molecule has 2 fully saturated rings. The van der Waals surface area contributed by atoms with Crippen LogP contribution in [0.3, 0.4) is 0 Å². The van der Waals surface area contributed by atoms with Gasteiger partial charge in [-0.3, -0.25) is 4.90 Å². The normalized spacial score (nSPS) is 21.6. The molecule has 1 aliphatic carbocycles. The zero-order valence-corrected chi connectivity index (χ0v) is 15.8. The molecular formula is C18H29N7O. The molecule has 3 heterocycles. The standard InChI is InChI=1S/C18H29N7O/c1-13(2)5-6-24-7-8-26-15(10-24)11-25-18-16(22-23-25)17(20-12-21-18)19-9-14-3-4-14/h12-15H,3-11H2,1-2H3,(H,19,20,21)/t15-/m1/s1. The fourth-order valence-electron chi connectivity index (χ4n) is 3.33. The van der Waals surface area contributed by atoms with Gasteiger partial charge in [0.2, 0.25) is 0 Å². The van der Waals surface area contributed by atoms with Crippen LogP contribution in [0.4, 0.5) is 5.82 Å². The van der Waals surface area contributed by atoms with Gasteiger partial charge in [0, 0.05) is 19.6 Å². The van der Waals surface area contributed by atoms with Gasteiger partial charge in [-0.15, -0.1) is 5.10 Å². The Balaban J connectivity index is 1.41. The van der Waals surface area contributed by atoms with Gasteiger partial charge in [-0.05, 0) is 37.6 Å². The van der Waals surface area contributed by atoms with Crippen molar-refractivity contribution in [3.05, 3.63) is 6.33 Å². The lowest BCUT2D eigenvalue weighted by Crippen LogP contribution is -2.44. The molecule has 0 unspecified atom stereocenters. The van der Waals surface area contributed by atoms with Gasteiger partial charge in [-0.25, -0.2) is 14.6 Å². The summed E-state index contributed by atoms with van der Waals surface area (Å²) in [6, 6.07) is 0. The molecule has 0 bridgehead atoms. The number of hydrogen-bond acceptors (Lipinski definition) is 7. The first-order valence-corrected chi connectivity index (χ1v) is 9.81. The Morgan fingerprint density at radius 1 is 1.31 bits per heavy atom. The summed E-state index contributed by atoms with van der Waals surface area (Å²) in [5.41, 5.74) is 1.53. The number of morpholine rings is 1. The third-order valence-electron chi connectivity index (χ3n) is 5.18. The van der Waals surface area contributed by atoms with Crippen molar-refractivity contribution in [2.75, 3.05) is 38.1 Å². The molecule has 142 valence electrons. The molecule has 2 aromatic heterocycles. The Morgan fingerprint density at radius 3 is 3.00 bits per heavy atom. The zero-order valence-electron chi connectivity index (χ0n) is 15.8. The lowest BCUT2D eigenvalue weighted by atomic mass is 10.1. The Kier molecular flexibility index (Phi) is 5.31. The third kappa shape index (κ3) is 4.29. The molecule has 8 heteroatoms. The van der Waals surface area contributed by atoms with Crippen molar-refractivity contribution in [3.8, 4) is 0 Å². The Hall–Kier alpha value is -1.80. The highest BCUT2D eigenvalue weighted by Crippen LogP contribution is 2.29. The minimum absolute atomic E-state index is 0.124. The van der Waals surface area contributed by atoms with Crippen LogP contribution in [0.25, 0.3) is 11.2 Å². The van der Waals surface area contributed by atoms with E-state index in [9.17, 15) is 0 Å². The molecule has 4 rings (SSSR count). The number of ether oxygens (including phenoxy) is 1. The number of nitrogens with zero attached hydrogens (tertiary/aromatic N) is 6. The maximum absolute atomic E-state index is 5.97. The number of fused-ring (bicyclic) bond motifs is 1. The van der Waals surface area contributed by atoms with Crippen LogP contribution in [0.2, 0.25) is 0 Å². The minimum atomic E-state index is 0.124. The van der Waals surface area contributed by atoms with Crippen molar-refractivity contribution in [2.45, 2.75) is 45.8 Å². The second-order valence-electron chi connectivity index (χ2n) is 7.97. The summed E-state index contributed by atoms with van der Waals surface area (Å²) in [4.78, 5) is 11.2. The summed E-state index contributed by atoms with van der Waals surface area (Å²) < 4.78 is 7.82. The van der Waals surface area contributed by atoms with Gasteiger partial charge < -0.3 is 10.1 Å². The Labute approximate surface area is 154 Å². The quantitative estimate of drug-likeness (QED) is 0.769. The van der Waals surface area contributed by atoms with E-state index in [1.165, 1.54) is 19.3 Å². The second kappa shape index (κ2) is 7.84. The van der Waals surface area contributed by atoms with E-state index in [0.717, 1.165) is 61.6 Å². The number of rotatable bonds is 8. The average Bonchev–Trinajstić information content (AvgIpc) is 3.39. The van der Waals surface area contributed by atoms with E-state index in [1.54, 1.807) is 6.33 Å². The SMILES string of the molecule is CC(C)CCN1CCO[C@@H](Cn2nnc3c(NCC4CC4)ncnc32)C1. The van der Waals surface area contributed by atoms with Gasteiger partial charge >= 0.3 is 0 Å². The average molecular weight is 359 g/mol. The largest absolute Gasteiger partial charge is 0.374 e. The van der Waals surface area contributed by atoms with Gasteiger partial charge in [-0.2, -0.15) is 0 Å². The fourth-order valence-corrected chi connectivity index (χ4v) is 3.33. The number of nitrogens with one attached hydrogen (secondary N) is 1. The van der Waals surface area contributed by atoms with E-state index in [-0.39, 0.29) is 6.10 Å². The molecule has 8 nitrogen and oxygen atoms in total. The molecule has 1 saturated carbocycles. The van der Waals surface area contributed by atoms with Crippen LogP contribution in [0.15, 0.2) is 6.33 Å². The first kappa shape index (κ1) is 17.6. The van der Waals surface area contributed by atoms with E-state index in [0.29, 0.717) is 6.54 Å². The molecule has 0 radical (unpaired) electrons. The van der Waals surface area contributed by atoms with Gasteiger partial charge in [-0.1, -0.05) is 19.1 Å². The van der Waals surface area contributed by atoms with Crippen molar-refractivity contribution in [3.63, 3.8) is 0 Å². The lowest BCUT2D eigenvalue weighted by Gasteiger charge is -2.33. The molecule has 1 atom stereocenters. The van der Waals surface area contributed by atoms with Crippen LogP contribution in [0.5, 0.6) is 0 Å². The fraction of sp³-hybridized carbons (Fsp3) is 0.778. The topological polar surface area (TPSA) is 81.0 Å². The lowest BCUT2D eigenvalue weighted by molar-refractivity contribution is -0.0381. The molecule has 26 heavy (non-hydrogen) atoms. The van der Waals surface area contributed by atoms with Gasteiger partial charge in [0.05, 0.1) is 19.3 Å². The Morgan fingerprint density at radius 2 is 2.19 bits per heavy atom. The maximum Gasteiger partial charge on any atom is 0.183 e. The summed E-state index contributed by atoms with van der Waals surface area (Å²) in [6.07, 6.45) is 5.55. The van der Waals surface area contributed by atoms with Crippen LogP contribution in [-0.2, 0) is 11.3 Å². The first-order valence-electron chi connectivity index (χ1n) is 9.81. The highest BCUT2D eigenvalue weighted by molar-refractivity contribution is 5.81. The monoisotopic (exact) mass is 359 g/mol. The molecule has 1 saturated heterocycles. The van der Waals surface area contributed by atoms with E-state index in [1.807, 2.05) is 4.68 Å². The Bertz CT molecular complexity index is 727. The summed E-state index contributed by atoms with van der Waals surface area (Å²) >= 11 is 0. The van der Waals surface area contributed by atoms with E-state index in [2.05, 4.69) is 44.3 Å².